The third-order valence-electron chi connectivity index (χ3n) is 2.13. The molecule has 0 saturated heterocycles. The second kappa shape index (κ2) is 3.77. The molecule has 78 valence electrons. The Balaban J connectivity index is 2.18. The maximum Gasteiger partial charge on any atom is 0.203 e. The van der Waals surface area contributed by atoms with Crippen molar-refractivity contribution < 1.29 is 0 Å². The van der Waals surface area contributed by atoms with Crippen molar-refractivity contribution in [1.82, 2.24) is 19.3 Å². The lowest BCUT2D eigenvalue weighted by atomic mass is 10.2. The highest BCUT2D eigenvalue weighted by Crippen LogP contribution is 2.23. The van der Waals surface area contributed by atoms with E-state index in [9.17, 15) is 0 Å². The topological polar surface area (TPSA) is 51.6 Å². The summed E-state index contributed by atoms with van der Waals surface area (Å²) in [6.07, 6.45) is 3.33. The minimum atomic E-state index is 0.439. The first-order valence-electron chi connectivity index (χ1n) is 4.53. The maximum absolute atomic E-state index is 5.75. The van der Waals surface area contributed by atoms with Gasteiger partial charge in [0.25, 0.3) is 0 Å². The molecule has 0 atom stereocenters. The van der Waals surface area contributed by atoms with Crippen LogP contribution in [0.25, 0.3) is 22.4 Å². The van der Waals surface area contributed by atoms with E-state index in [0.29, 0.717) is 10.3 Å². The van der Waals surface area contributed by atoms with Crippen molar-refractivity contribution in [2.75, 3.05) is 0 Å². The molecule has 2 aromatic heterocycles. The molecule has 3 aromatic rings. The van der Waals surface area contributed by atoms with E-state index in [1.807, 2.05) is 18.2 Å². The number of aromatic nitrogens is 4. The first-order valence-corrected chi connectivity index (χ1v) is 5.68. The fourth-order valence-electron chi connectivity index (χ4n) is 1.42. The van der Waals surface area contributed by atoms with Crippen LogP contribution in [0.2, 0.25) is 4.47 Å². The van der Waals surface area contributed by atoms with Crippen LogP contribution in [0.4, 0.5) is 0 Å². The second-order valence-corrected chi connectivity index (χ2v) is 4.46. The van der Waals surface area contributed by atoms with Crippen molar-refractivity contribution in [3.63, 3.8) is 0 Å². The maximum atomic E-state index is 5.75. The van der Waals surface area contributed by atoms with Crippen LogP contribution in [0.1, 0.15) is 0 Å². The Morgan fingerprint density at radius 2 is 1.88 bits per heavy atom. The lowest BCUT2D eigenvalue weighted by molar-refractivity contribution is 1.28. The Hall–Kier alpha value is -1.59. The molecular weight excluding hydrogens is 244 g/mol. The summed E-state index contributed by atoms with van der Waals surface area (Å²) in [5, 5.41) is 0. The molecule has 0 aliphatic heterocycles. The van der Waals surface area contributed by atoms with Gasteiger partial charge in [0, 0.05) is 18.0 Å². The number of fused-ring (bicyclic) bond motifs is 1. The number of rotatable bonds is 1. The minimum Gasteiger partial charge on any atom is -0.253 e. The Labute approximate surface area is 100 Å². The van der Waals surface area contributed by atoms with E-state index in [-0.39, 0.29) is 0 Å². The summed E-state index contributed by atoms with van der Waals surface area (Å²) < 4.78 is 4.58. The Morgan fingerprint density at radius 1 is 1.06 bits per heavy atom. The molecule has 0 fully saturated rings. The van der Waals surface area contributed by atoms with Crippen LogP contribution in [-0.4, -0.2) is 19.3 Å². The van der Waals surface area contributed by atoms with Gasteiger partial charge in [-0.25, -0.2) is 4.98 Å². The van der Waals surface area contributed by atoms with E-state index in [1.54, 1.807) is 12.4 Å². The number of benzene rings is 1. The molecule has 0 bridgehead atoms. The smallest absolute Gasteiger partial charge is 0.203 e. The van der Waals surface area contributed by atoms with Gasteiger partial charge in [-0.15, -0.1) is 0 Å². The number of hydrogen-bond donors (Lipinski definition) is 0. The van der Waals surface area contributed by atoms with Crippen molar-refractivity contribution in [1.29, 1.82) is 0 Å². The van der Waals surface area contributed by atoms with Gasteiger partial charge in [-0.2, -0.15) is 4.37 Å². The SMILES string of the molecule is Clc1nc(-c2ccc3nccnc3c2)ns1. The van der Waals surface area contributed by atoms with Crippen LogP contribution in [0, 0.1) is 0 Å². The highest BCUT2D eigenvalue weighted by molar-refractivity contribution is 7.10. The van der Waals surface area contributed by atoms with Crippen LogP contribution >= 0.6 is 23.1 Å². The second-order valence-electron chi connectivity index (χ2n) is 3.13. The molecule has 4 nitrogen and oxygen atoms in total. The first kappa shape index (κ1) is 9.62. The molecule has 0 aliphatic carbocycles. The summed E-state index contributed by atoms with van der Waals surface area (Å²) in [6, 6.07) is 5.71. The zero-order chi connectivity index (χ0) is 11.0. The largest absolute Gasteiger partial charge is 0.253 e. The van der Waals surface area contributed by atoms with Crippen molar-refractivity contribution in [3.05, 3.63) is 35.1 Å². The van der Waals surface area contributed by atoms with Crippen molar-refractivity contribution >= 4 is 34.2 Å². The quantitative estimate of drug-likeness (QED) is 0.665. The van der Waals surface area contributed by atoms with Crippen LogP contribution in [0.5, 0.6) is 0 Å². The third-order valence-corrected chi connectivity index (χ3v) is 2.93. The van der Waals surface area contributed by atoms with E-state index in [4.69, 9.17) is 11.6 Å². The summed E-state index contributed by atoms with van der Waals surface area (Å²) in [6.45, 7) is 0. The van der Waals surface area contributed by atoms with Gasteiger partial charge < -0.3 is 0 Å². The number of nitrogens with zero attached hydrogens (tertiary/aromatic N) is 4. The van der Waals surface area contributed by atoms with E-state index in [0.717, 1.165) is 16.6 Å². The van der Waals surface area contributed by atoms with Gasteiger partial charge >= 0.3 is 0 Å². The Bertz CT molecular complexity index is 652. The minimum absolute atomic E-state index is 0.439. The molecule has 0 amide bonds. The fourth-order valence-corrected chi connectivity index (χ4v) is 2.04. The molecule has 1 aromatic carbocycles. The van der Waals surface area contributed by atoms with Gasteiger partial charge in [0.05, 0.1) is 11.0 Å². The van der Waals surface area contributed by atoms with Crippen molar-refractivity contribution in [2.45, 2.75) is 0 Å². The van der Waals surface area contributed by atoms with Gasteiger partial charge in [-0.1, -0.05) is 0 Å². The molecule has 6 heteroatoms. The van der Waals surface area contributed by atoms with Crippen LogP contribution < -0.4 is 0 Å². The van der Waals surface area contributed by atoms with Crippen LogP contribution in [-0.2, 0) is 0 Å². The van der Waals surface area contributed by atoms with Crippen molar-refractivity contribution in [3.8, 4) is 11.4 Å². The summed E-state index contributed by atoms with van der Waals surface area (Å²) in [5.74, 6) is 0.627. The van der Waals surface area contributed by atoms with Gasteiger partial charge in [-0.05, 0) is 41.3 Å². The van der Waals surface area contributed by atoms with E-state index in [2.05, 4.69) is 19.3 Å². The first-order chi connectivity index (χ1) is 7.83. The number of hydrogen-bond acceptors (Lipinski definition) is 5. The molecule has 16 heavy (non-hydrogen) atoms. The normalized spacial score (nSPS) is 10.8. The summed E-state index contributed by atoms with van der Waals surface area (Å²) >= 11 is 6.92. The highest BCUT2D eigenvalue weighted by atomic mass is 35.5. The number of halogens is 1. The van der Waals surface area contributed by atoms with Gasteiger partial charge in [0.15, 0.2) is 5.82 Å². The summed E-state index contributed by atoms with van der Waals surface area (Å²) in [5.41, 5.74) is 2.58. The average molecular weight is 249 g/mol. The zero-order valence-electron chi connectivity index (χ0n) is 7.96. The molecule has 0 aliphatic rings. The lowest BCUT2D eigenvalue weighted by Crippen LogP contribution is -1.85. The Morgan fingerprint density at radius 3 is 2.62 bits per heavy atom. The van der Waals surface area contributed by atoms with E-state index in [1.165, 1.54) is 11.5 Å². The van der Waals surface area contributed by atoms with Crippen molar-refractivity contribution in [2.24, 2.45) is 0 Å². The molecule has 0 radical (unpaired) electrons. The summed E-state index contributed by atoms with van der Waals surface area (Å²) in [4.78, 5) is 12.5. The molecule has 2 heterocycles. The lowest BCUT2D eigenvalue weighted by Gasteiger charge is -1.97. The predicted octanol–water partition coefficient (Wildman–Crippen LogP) is 2.80. The zero-order valence-corrected chi connectivity index (χ0v) is 9.53. The van der Waals surface area contributed by atoms with Gasteiger partial charge in [0.2, 0.25) is 4.47 Å². The van der Waals surface area contributed by atoms with Gasteiger partial charge in [0.1, 0.15) is 0 Å². The van der Waals surface area contributed by atoms with Crippen LogP contribution in [0.15, 0.2) is 30.6 Å². The summed E-state index contributed by atoms with van der Waals surface area (Å²) in [7, 11) is 0. The fraction of sp³-hybridized carbons (Fsp3) is 0. The van der Waals surface area contributed by atoms with Crippen LogP contribution in [0.3, 0.4) is 0 Å². The van der Waals surface area contributed by atoms with Gasteiger partial charge in [-0.3, -0.25) is 9.97 Å². The molecule has 0 N–H and O–H groups in total. The molecular formula is C10H5ClN4S. The molecule has 0 spiro atoms. The monoisotopic (exact) mass is 248 g/mol. The Kier molecular flexibility index (Phi) is 2.27. The molecule has 0 saturated carbocycles. The van der Waals surface area contributed by atoms with E-state index >= 15 is 0 Å². The highest BCUT2D eigenvalue weighted by Gasteiger charge is 2.06. The van der Waals surface area contributed by atoms with E-state index < -0.39 is 0 Å². The third kappa shape index (κ3) is 1.64. The average Bonchev–Trinajstić information content (AvgIpc) is 2.75. The molecule has 0 unspecified atom stereocenters. The standard InChI is InChI=1S/C10H5ClN4S/c11-10-14-9(15-16-10)6-1-2-7-8(5-6)13-4-3-12-7/h1-5H. The molecule has 3 rings (SSSR count). The predicted molar refractivity (Wildman–Crippen MR) is 63.5 cm³/mol.